The van der Waals surface area contributed by atoms with Gasteiger partial charge in [0, 0.05) is 6.42 Å². The smallest absolute Gasteiger partial charge is 0.220 e. The molecule has 0 aromatic carbocycles. The van der Waals surface area contributed by atoms with E-state index in [1.165, 1.54) is 128 Å². The van der Waals surface area contributed by atoms with Crippen molar-refractivity contribution in [1.82, 2.24) is 5.32 Å². The van der Waals surface area contributed by atoms with Crippen molar-refractivity contribution in [3.63, 3.8) is 0 Å². The Kier molecular flexibility index (Phi) is 30.0. The number of unbranched alkanes of at least 4 members (excludes halogenated alkanes) is 21. The molecule has 2 unspecified atom stereocenters. The summed E-state index contributed by atoms with van der Waals surface area (Å²) in [5.41, 5.74) is 0. The molecule has 0 saturated carbocycles. The van der Waals surface area contributed by atoms with E-state index in [1.807, 2.05) is 0 Å². The van der Waals surface area contributed by atoms with Crippen LogP contribution in [-0.4, -0.2) is 34.9 Å². The van der Waals surface area contributed by atoms with Crippen LogP contribution < -0.4 is 5.32 Å². The Hall–Kier alpha value is -0.870. The zero-order valence-electron chi connectivity index (χ0n) is 25.7. The molecule has 226 valence electrons. The number of allylic oxidation sites excluding steroid dienone is 2. The number of rotatable bonds is 30. The lowest BCUT2D eigenvalue weighted by molar-refractivity contribution is -0.123. The predicted molar refractivity (Wildman–Crippen MR) is 166 cm³/mol. The van der Waals surface area contributed by atoms with Crippen LogP contribution in [0.4, 0.5) is 0 Å². The van der Waals surface area contributed by atoms with Crippen molar-refractivity contribution in [3.05, 3.63) is 12.2 Å². The maximum Gasteiger partial charge on any atom is 0.220 e. The van der Waals surface area contributed by atoms with Crippen LogP contribution in [0.3, 0.4) is 0 Å². The quantitative estimate of drug-likeness (QED) is 0.0631. The van der Waals surface area contributed by atoms with Gasteiger partial charge in [0.1, 0.15) is 0 Å². The fraction of sp³-hybridized carbons (Fsp3) is 0.912. The summed E-state index contributed by atoms with van der Waals surface area (Å²) in [5, 5.41) is 23.0. The molecule has 4 nitrogen and oxygen atoms in total. The number of hydrogen-bond donors (Lipinski definition) is 3. The molecule has 0 bridgehead atoms. The van der Waals surface area contributed by atoms with Gasteiger partial charge in [-0.2, -0.15) is 0 Å². The molecule has 4 heteroatoms. The van der Waals surface area contributed by atoms with Gasteiger partial charge in [-0.15, -0.1) is 0 Å². The summed E-state index contributed by atoms with van der Waals surface area (Å²) in [7, 11) is 0. The molecular weight excluding hydrogens is 470 g/mol. The molecule has 0 rings (SSSR count). The average Bonchev–Trinajstić information content (AvgIpc) is 2.92. The van der Waals surface area contributed by atoms with Crippen LogP contribution in [0.15, 0.2) is 12.2 Å². The molecule has 0 saturated heterocycles. The lowest BCUT2D eigenvalue weighted by atomic mass is 10.0. The molecule has 0 aromatic heterocycles. The molecule has 0 aromatic rings. The molecule has 0 spiro atoms. The molecule has 38 heavy (non-hydrogen) atoms. The molecule has 0 radical (unpaired) electrons. The maximum absolute atomic E-state index is 12.3. The van der Waals surface area contributed by atoms with Crippen molar-refractivity contribution in [2.24, 2.45) is 0 Å². The maximum atomic E-state index is 12.3. The zero-order chi connectivity index (χ0) is 27.9. The molecule has 0 aliphatic heterocycles. The first-order valence-electron chi connectivity index (χ1n) is 16.9. The second kappa shape index (κ2) is 30.7. The number of aliphatic hydroxyl groups excluding tert-OH is 2. The largest absolute Gasteiger partial charge is 0.394 e. The van der Waals surface area contributed by atoms with E-state index in [-0.39, 0.29) is 12.5 Å². The SMILES string of the molecule is CCCCCC/C=C\CCCCCCCC(=O)NC(CO)C(O)CCCCCCCCCCCCCCC. The predicted octanol–water partition coefficient (Wildman–Crippen LogP) is 9.56. The number of carbonyl (C=O) groups is 1. The summed E-state index contributed by atoms with van der Waals surface area (Å²) in [5.74, 6) is -0.0422. The average molecular weight is 538 g/mol. The van der Waals surface area contributed by atoms with Crippen LogP contribution in [-0.2, 0) is 4.79 Å². The first-order chi connectivity index (χ1) is 18.7. The minimum absolute atomic E-state index is 0.0422. The first kappa shape index (κ1) is 37.1. The Morgan fingerprint density at radius 1 is 0.605 bits per heavy atom. The highest BCUT2D eigenvalue weighted by molar-refractivity contribution is 5.76. The third kappa shape index (κ3) is 26.7. The Labute approximate surface area is 237 Å². The summed E-state index contributed by atoms with van der Waals surface area (Å²) in [6, 6.07) is -0.534. The summed E-state index contributed by atoms with van der Waals surface area (Å²) in [6.45, 7) is 4.32. The molecule has 0 fully saturated rings. The van der Waals surface area contributed by atoms with Crippen LogP contribution in [0.5, 0.6) is 0 Å². The van der Waals surface area contributed by atoms with Crippen molar-refractivity contribution >= 4 is 5.91 Å². The van der Waals surface area contributed by atoms with Crippen LogP contribution in [0.2, 0.25) is 0 Å². The Balaban J connectivity index is 3.59. The summed E-state index contributed by atoms with van der Waals surface area (Å²) in [6.07, 6.45) is 35.4. The zero-order valence-corrected chi connectivity index (χ0v) is 25.7. The van der Waals surface area contributed by atoms with Crippen molar-refractivity contribution in [1.29, 1.82) is 0 Å². The first-order valence-corrected chi connectivity index (χ1v) is 16.9. The van der Waals surface area contributed by atoms with E-state index in [0.717, 1.165) is 25.7 Å². The second-order valence-corrected chi connectivity index (χ2v) is 11.6. The highest BCUT2D eigenvalue weighted by Crippen LogP contribution is 2.14. The van der Waals surface area contributed by atoms with Gasteiger partial charge >= 0.3 is 0 Å². The Bertz CT molecular complexity index is 508. The van der Waals surface area contributed by atoms with Crippen molar-refractivity contribution in [2.75, 3.05) is 6.61 Å². The minimum Gasteiger partial charge on any atom is -0.394 e. The van der Waals surface area contributed by atoms with Gasteiger partial charge in [-0.3, -0.25) is 4.79 Å². The Morgan fingerprint density at radius 2 is 1.00 bits per heavy atom. The normalized spacial score (nSPS) is 13.3. The molecule has 0 aliphatic rings. The van der Waals surface area contributed by atoms with Crippen LogP contribution >= 0.6 is 0 Å². The molecule has 2 atom stereocenters. The summed E-state index contributed by atoms with van der Waals surface area (Å²) in [4.78, 5) is 12.3. The van der Waals surface area contributed by atoms with Crippen molar-refractivity contribution < 1.29 is 15.0 Å². The number of nitrogens with one attached hydrogen (secondary N) is 1. The highest BCUT2D eigenvalue weighted by Gasteiger charge is 2.19. The Morgan fingerprint density at radius 3 is 1.47 bits per heavy atom. The molecule has 0 heterocycles. The van der Waals surface area contributed by atoms with E-state index < -0.39 is 12.1 Å². The number of hydrogen-bond acceptors (Lipinski definition) is 3. The van der Waals surface area contributed by atoms with E-state index in [4.69, 9.17) is 0 Å². The topological polar surface area (TPSA) is 69.6 Å². The number of aliphatic hydroxyl groups is 2. The summed E-state index contributed by atoms with van der Waals surface area (Å²) >= 11 is 0. The van der Waals surface area contributed by atoms with Crippen LogP contribution in [0, 0.1) is 0 Å². The van der Waals surface area contributed by atoms with Crippen LogP contribution in [0.1, 0.15) is 181 Å². The third-order valence-corrected chi connectivity index (χ3v) is 7.78. The van der Waals surface area contributed by atoms with E-state index in [1.54, 1.807) is 0 Å². The van der Waals surface area contributed by atoms with E-state index in [2.05, 4.69) is 31.3 Å². The fourth-order valence-corrected chi connectivity index (χ4v) is 5.12. The standard InChI is InChI=1S/C34H67NO3/c1-3-5-7-9-11-13-15-17-19-21-23-25-27-29-33(37)32(31-36)35-34(38)30-28-26-24-22-20-18-16-14-12-10-8-6-4-2/h14,16,32-33,36-37H,3-13,15,17-31H2,1-2H3,(H,35,38)/b16-14-. The van der Waals surface area contributed by atoms with Crippen LogP contribution in [0.25, 0.3) is 0 Å². The number of amides is 1. The van der Waals surface area contributed by atoms with Gasteiger partial charge < -0.3 is 15.5 Å². The van der Waals surface area contributed by atoms with Gasteiger partial charge in [0.05, 0.1) is 18.8 Å². The van der Waals surface area contributed by atoms with E-state index >= 15 is 0 Å². The lowest BCUT2D eigenvalue weighted by Crippen LogP contribution is -2.45. The lowest BCUT2D eigenvalue weighted by Gasteiger charge is -2.22. The van der Waals surface area contributed by atoms with Gasteiger partial charge in [0.15, 0.2) is 0 Å². The van der Waals surface area contributed by atoms with E-state index in [0.29, 0.717) is 12.8 Å². The van der Waals surface area contributed by atoms with Gasteiger partial charge in [0.2, 0.25) is 5.91 Å². The van der Waals surface area contributed by atoms with E-state index in [9.17, 15) is 15.0 Å². The molecule has 3 N–H and O–H groups in total. The molecule has 0 aliphatic carbocycles. The van der Waals surface area contributed by atoms with Crippen molar-refractivity contribution in [3.8, 4) is 0 Å². The van der Waals surface area contributed by atoms with Gasteiger partial charge in [-0.25, -0.2) is 0 Å². The highest BCUT2D eigenvalue weighted by atomic mass is 16.3. The monoisotopic (exact) mass is 538 g/mol. The summed E-state index contributed by atoms with van der Waals surface area (Å²) < 4.78 is 0. The van der Waals surface area contributed by atoms with Gasteiger partial charge in [-0.1, -0.05) is 148 Å². The number of carbonyl (C=O) groups excluding carboxylic acids is 1. The molecule has 1 amide bonds. The second-order valence-electron chi connectivity index (χ2n) is 11.6. The van der Waals surface area contributed by atoms with Gasteiger partial charge in [0.25, 0.3) is 0 Å². The fourth-order valence-electron chi connectivity index (χ4n) is 5.12. The third-order valence-electron chi connectivity index (χ3n) is 7.78. The van der Waals surface area contributed by atoms with Gasteiger partial charge in [-0.05, 0) is 38.5 Å². The molecular formula is C34H67NO3. The minimum atomic E-state index is -0.656. The van der Waals surface area contributed by atoms with Crippen molar-refractivity contribution in [2.45, 2.75) is 193 Å².